The molecule has 1 amide bonds. The van der Waals surface area contributed by atoms with E-state index in [-0.39, 0.29) is 16.9 Å². The number of amides is 1. The Bertz CT molecular complexity index is 419. The summed E-state index contributed by atoms with van der Waals surface area (Å²) in [5.74, 6) is -0.551. The number of hydroxylamine groups is 1. The molecule has 7 heteroatoms. The summed E-state index contributed by atoms with van der Waals surface area (Å²) in [6.07, 6.45) is 0. The van der Waals surface area contributed by atoms with Crippen molar-refractivity contribution < 1.29 is 14.6 Å². The maximum absolute atomic E-state index is 11.4. The van der Waals surface area contributed by atoms with Crippen molar-refractivity contribution in [2.75, 3.05) is 12.3 Å². The lowest BCUT2D eigenvalue weighted by molar-refractivity contribution is -0.383. The second kappa shape index (κ2) is 5.08. The Balaban J connectivity index is 2.94. The van der Waals surface area contributed by atoms with Gasteiger partial charge in [0.2, 0.25) is 0 Å². The molecule has 1 rings (SSSR count). The van der Waals surface area contributed by atoms with E-state index in [9.17, 15) is 14.9 Å². The van der Waals surface area contributed by atoms with E-state index in [0.717, 1.165) is 6.07 Å². The number of nitro groups is 1. The van der Waals surface area contributed by atoms with Gasteiger partial charge >= 0.3 is 0 Å². The number of hydrogen-bond acceptors (Lipinski definition) is 5. The number of anilines is 1. The molecule has 0 radical (unpaired) electrons. The molecule has 0 aliphatic heterocycles. The van der Waals surface area contributed by atoms with Gasteiger partial charge in [0.25, 0.3) is 11.6 Å². The Kier molecular flexibility index (Phi) is 3.78. The molecule has 0 aliphatic rings. The highest BCUT2D eigenvalue weighted by atomic mass is 16.6. The number of nitro benzene ring substituents is 1. The van der Waals surface area contributed by atoms with E-state index < -0.39 is 10.8 Å². The first-order chi connectivity index (χ1) is 7.56. The van der Waals surface area contributed by atoms with Gasteiger partial charge in [-0.1, -0.05) is 0 Å². The number of carbonyl (C=O) groups is 1. The van der Waals surface area contributed by atoms with Gasteiger partial charge in [-0.2, -0.15) is 0 Å². The third-order valence-electron chi connectivity index (χ3n) is 1.80. The smallest absolute Gasteiger partial charge is 0.292 e. The zero-order valence-electron chi connectivity index (χ0n) is 8.60. The van der Waals surface area contributed by atoms with Crippen LogP contribution in [0.3, 0.4) is 0 Å². The normalized spacial score (nSPS) is 9.81. The fourth-order valence-electron chi connectivity index (χ4n) is 1.04. The molecule has 1 aromatic rings. The maximum Gasteiger partial charge on any atom is 0.292 e. The van der Waals surface area contributed by atoms with E-state index in [1.165, 1.54) is 12.1 Å². The van der Waals surface area contributed by atoms with Crippen LogP contribution in [0.1, 0.15) is 17.3 Å². The standard InChI is InChI=1S/C9H11N3O4/c1-2-16-11-9(13)6-3-4-7(10)8(5-6)12(14)15/h3-5H,2,10H2,1H3,(H,11,13). The predicted molar refractivity (Wildman–Crippen MR) is 56.6 cm³/mol. The van der Waals surface area contributed by atoms with Crippen molar-refractivity contribution in [1.82, 2.24) is 5.48 Å². The topological polar surface area (TPSA) is 107 Å². The lowest BCUT2D eigenvalue weighted by Crippen LogP contribution is -2.23. The zero-order valence-corrected chi connectivity index (χ0v) is 8.60. The maximum atomic E-state index is 11.4. The molecule has 0 saturated heterocycles. The summed E-state index contributed by atoms with van der Waals surface area (Å²) < 4.78 is 0. The van der Waals surface area contributed by atoms with Gasteiger partial charge in [0, 0.05) is 11.6 Å². The average Bonchev–Trinajstić information content (AvgIpc) is 2.26. The van der Waals surface area contributed by atoms with Crippen LogP contribution in [0, 0.1) is 10.1 Å². The van der Waals surface area contributed by atoms with Gasteiger partial charge < -0.3 is 5.73 Å². The summed E-state index contributed by atoms with van der Waals surface area (Å²) in [7, 11) is 0. The van der Waals surface area contributed by atoms with Gasteiger partial charge in [0.1, 0.15) is 5.69 Å². The third kappa shape index (κ3) is 2.67. The van der Waals surface area contributed by atoms with Crippen molar-refractivity contribution in [2.24, 2.45) is 0 Å². The summed E-state index contributed by atoms with van der Waals surface area (Å²) in [4.78, 5) is 26.0. The van der Waals surface area contributed by atoms with E-state index >= 15 is 0 Å². The van der Waals surface area contributed by atoms with Gasteiger partial charge in [-0.3, -0.25) is 19.7 Å². The van der Waals surface area contributed by atoms with Crippen LogP contribution < -0.4 is 11.2 Å². The van der Waals surface area contributed by atoms with Crippen molar-refractivity contribution in [3.63, 3.8) is 0 Å². The first-order valence-corrected chi connectivity index (χ1v) is 4.52. The van der Waals surface area contributed by atoms with Gasteiger partial charge in [-0.15, -0.1) is 0 Å². The van der Waals surface area contributed by atoms with Crippen LogP contribution in [0.2, 0.25) is 0 Å². The molecule has 0 aromatic heterocycles. The predicted octanol–water partition coefficient (Wildman–Crippen LogP) is 0.858. The van der Waals surface area contributed by atoms with E-state index in [1.54, 1.807) is 6.92 Å². The lowest BCUT2D eigenvalue weighted by Gasteiger charge is -2.04. The highest BCUT2D eigenvalue weighted by Gasteiger charge is 2.15. The number of nitrogens with two attached hydrogens (primary N) is 1. The number of nitrogens with zero attached hydrogens (tertiary/aromatic N) is 1. The number of nitrogens with one attached hydrogen (secondary N) is 1. The van der Waals surface area contributed by atoms with E-state index in [1.807, 2.05) is 0 Å². The molecule has 86 valence electrons. The van der Waals surface area contributed by atoms with Crippen molar-refractivity contribution in [3.05, 3.63) is 33.9 Å². The molecule has 0 heterocycles. The fourth-order valence-corrected chi connectivity index (χ4v) is 1.04. The molecule has 16 heavy (non-hydrogen) atoms. The van der Waals surface area contributed by atoms with Crippen molar-refractivity contribution >= 4 is 17.3 Å². The van der Waals surface area contributed by atoms with Gasteiger partial charge in [-0.05, 0) is 19.1 Å². The monoisotopic (exact) mass is 225 g/mol. The second-order valence-electron chi connectivity index (χ2n) is 2.89. The molecule has 0 saturated carbocycles. The molecule has 0 atom stereocenters. The molecule has 0 fully saturated rings. The van der Waals surface area contributed by atoms with E-state index in [2.05, 4.69) is 10.3 Å². The van der Waals surface area contributed by atoms with E-state index in [0.29, 0.717) is 6.61 Å². The Morgan fingerprint density at radius 3 is 2.88 bits per heavy atom. The number of nitrogen functional groups attached to an aromatic ring is 1. The molecular weight excluding hydrogens is 214 g/mol. The molecule has 0 spiro atoms. The number of hydrogen-bond donors (Lipinski definition) is 2. The van der Waals surface area contributed by atoms with E-state index in [4.69, 9.17) is 5.73 Å². The highest BCUT2D eigenvalue weighted by molar-refractivity contribution is 5.94. The molecule has 3 N–H and O–H groups in total. The zero-order chi connectivity index (χ0) is 12.1. The van der Waals surface area contributed by atoms with Crippen LogP contribution in [-0.4, -0.2) is 17.4 Å². The lowest BCUT2D eigenvalue weighted by atomic mass is 10.1. The summed E-state index contributed by atoms with van der Waals surface area (Å²) in [5, 5.41) is 10.6. The quantitative estimate of drug-likeness (QED) is 0.449. The Morgan fingerprint density at radius 2 is 2.31 bits per heavy atom. The minimum absolute atomic E-state index is 0.0120. The minimum atomic E-state index is -0.646. The SMILES string of the molecule is CCONC(=O)c1ccc(N)c([N+](=O)[O-])c1. The summed E-state index contributed by atoms with van der Waals surface area (Å²) in [6.45, 7) is 2.01. The van der Waals surface area contributed by atoms with Crippen molar-refractivity contribution in [1.29, 1.82) is 0 Å². The largest absolute Gasteiger partial charge is 0.393 e. The first-order valence-electron chi connectivity index (χ1n) is 4.52. The Labute approximate surface area is 91.3 Å². The molecule has 0 unspecified atom stereocenters. The van der Waals surface area contributed by atoms with Gasteiger partial charge in [-0.25, -0.2) is 5.48 Å². The fraction of sp³-hybridized carbons (Fsp3) is 0.222. The van der Waals surface area contributed by atoms with Crippen LogP contribution in [0.5, 0.6) is 0 Å². The highest BCUT2D eigenvalue weighted by Crippen LogP contribution is 2.22. The number of rotatable bonds is 4. The first kappa shape index (κ1) is 11.9. The van der Waals surface area contributed by atoms with Crippen molar-refractivity contribution in [2.45, 2.75) is 6.92 Å². The van der Waals surface area contributed by atoms with Crippen LogP contribution in [0.15, 0.2) is 18.2 Å². The molecular formula is C9H11N3O4. The van der Waals surface area contributed by atoms with Crippen molar-refractivity contribution in [3.8, 4) is 0 Å². The Hall–Kier alpha value is -2.15. The third-order valence-corrected chi connectivity index (χ3v) is 1.80. The van der Waals surface area contributed by atoms with Gasteiger partial charge in [0.15, 0.2) is 0 Å². The van der Waals surface area contributed by atoms with Crippen LogP contribution in [0.4, 0.5) is 11.4 Å². The summed E-state index contributed by atoms with van der Waals surface area (Å²) >= 11 is 0. The van der Waals surface area contributed by atoms with Crippen LogP contribution in [-0.2, 0) is 4.84 Å². The molecule has 0 aliphatic carbocycles. The van der Waals surface area contributed by atoms with Gasteiger partial charge in [0.05, 0.1) is 11.5 Å². The Morgan fingerprint density at radius 1 is 1.62 bits per heavy atom. The summed E-state index contributed by atoms with van der Waals surface area (Å²) in [6, 6.07) is 3.79. The number of carbonyl (C=O) groups excluding carboxylic acids is 1. The number of benzene rings is 1. The second-order valence-corrected chi connectivity index (χ2v) is 2.89. The molecule has 1 aromatic carbocycles. The average molecular weight is 225 g/mol. The van der Waals surface area contributed by atoms with Crippen LogP contribution in [0.25, 0.3) is 0 Å². The summed E-state index contributed by atoms with van der Waals surface area (Å²) in [5.41, 5.74) is 7.35. The molecule has 0 bridgehead atoms. The molecule has 7 nitrogen and oxygen atoms in total. The minimum Gasteiger partial charge on any atom is -0.393 e. The van der Waals surface area contributed by atoms with Crippen LogP contribution >= 0.6 is 0 Å².